The van der Waals surface area contributed by atoms with Gasteiger partial charge < -0.3 is 15.0 Å². The molecule has 0 bridgehead atoms. The number of hydrogen-bond donors (Lipinski definition) is 1. The number of nitrogens with one attached hydrogen (secondary N) is 1. The summed E-state index contributed by atoms with van der Waals surface area (Å²) in [5.41, 5.74) is 5.39. The predicted octanol–water partition coefficient (Wildman–Crippen LogP) is 4.41. The zero-order valence-electron chi connectivity index (χ0n) is 20.1. The maximum Gasteiger partial charge on any atom is 0.263 e. The lowest BCUT2D eigenvalue weighted by molar-refractivity contribution is -0.143. The van der Waals surface area contributed by atoms with Crippen LogP contribution in [0.2, 0.25) is 0 Å². The Balaban J connectivity index is 1.31. The molecule has 6 heteroatoms. The number of rotatable bonds is 4. The molecule has 1 atom stereocenters. The van der Waals surface area contributed by atoms with Crippen LogP contribution < -0.4 is 10.1 Å². The first kappa shape index (κ1) is 22.4. The number of nitrogens with zero attached hydrogens (tertiary/aromatic N) is 2. The summed E-state index contributed by atoms with van der Waals surface area (Å²) < 4.78 is 6.06. The number of carbonyl (C=O) groups excluding carboxylic acids is 2. The van der Waals surface area contributed by atoms with Gasteiger partial charge in [-0.05, 0) is 80.5 Å². The maximum atomic E-state index is 13.0. The van der Waals surface area contributed by atoms with Crippen LogP contribution in [0.5, 0.6) is 5.75 Å². The highest BCUT2D eigenvalue weighted by Gasteiger charge is 2.45. The van der Waals surface area contributed by atoms with Crippen molar-refractivity contribution in [1.29, 1.82) is 0 Å². The van der Waals surface area contributed by atoms with Crippen LogP contribution in [-0.2, 0) is 9.59 Å². The SMILES string of the molecule is Cc1cccc(C)c1-c1ccnc2cc(O[C@H](C)C(=O)N3CCC4(CCNC4=O)CC3)ccc12. The van der Waals surface area contributed by atoms with Gasteiger partial charge in [0.15, 0.2) is 6.10 Å². The van der Waals surface area contributed by atoms with Gasteiger partial charge in [-0.3, -0.25) is 14.6 Å². The van der Waals surface area contributed by atoms with Crippen LogP contribution in [0.3, 0.4) is 0 Å². The fraction of sp³-hybridized carbons (Fsp3) is 0.393. The molecule has 2 aliphatic heterocycles. The number of carbonyl (C=O) groups is 2. The number of likely N-dealkylation sites (tertiary alicyclic amines) is 1. The first-order valence-corrected chi connectivity index (χ1v) is 12.1. The molecule has 2 aliphatic rings. The van der Waals surface area contributed by atoms with Crippen LogP contribution in [0.25, 0.3) is 22.0 Å². The Labute approximate surface area is 200 Å². The molecule has 2 amide bonds. The second-order valence-corrected chi connectivity index (χ2v) is 9.68. The number of fused-ring (bicyclic) bond motifs is 1. The Kier molecular flexibility index (Phi) is 5.76. The molecule has 1 spiro atoms. The van der Waals surface area contributed by atoms with E-state index in [0.29, 0.717) is 18.8 Å². The minimum absolute atomic E-state index is 0.0365. The zero-order chi connectivity index (χ0) is 23.9. The topological polar surface area (TPSA) is 71.5 Å². The van der Waals surface area contributed by atoms with E-state index in [0.717, 1.165) is 42.3 Å². The molecule has 5 rings (SSSR count). The molecule has 176 valence electrons. The van der Waals surface area contributed by atoms with Crippen molar-refractivity contribution in [3.8, 4) is 16.9 Å². The molecular formula is C28H31N3O3. The summed E-state index contributed by atoms with van der Waals surface area (Å²) >= 11 is 0. The smallest absolute Gasteiger partial charge is 0.263 e. The molecule has 34 heavy (non-hydrogen) atoms. The van der Waals surface area contributed by atoms with Gasteiger partial charge in [0.2, 0.25) is 5.91 Å². The van der Waals surface area contributed by atoms with Gasteiger partial charge in [0, 0.05) is 37.3 Å². The molecule has 2 aromatic carbocycles. The number of benzene rings is 2. The highest BCUT2D eigenvalue weighted by atomic mass is 16.5. The normalized spacial score (nSPS) is 18.2. The molecule has 3 heterocycles. The van der Waals surface area contributed by atoms with Gasteiger partial charge in [0.05, 0.1) is 10.9 Å². The van der Waals surface area contributed by atoms with Gasteiger partial charge in [-0.15, -0.1) is 0 Å². The van der Waals surface area contributed by atoms with E-state index >= 15 is 0 Å². The number of piperidine rings is 1. The summed E-state index contributed by atoms with van der Waals surface area (Å²) in [6, 6.07) is 14.2. The fourth-order valence-electron chi connectivity index (χ4n) is 5.52. The van der Waals surface area contributed by atoms with Crippen molar-refractivity contribution in [2.24, 2.45) is 5.41 Å². The Morgan fingerprint density at radius 2 is 1.82 bits per heavy atom. The van der Waals surface area contributed by atoms with Crippen molar-refractivity contribution >= 4 is 22.7 Å². The molecule has 3 aromatic rings. The van der Waals surface area contributed by atoms with Gasteiger partial charge in [-0.1, -0.05) is 18.2 Å². The van der Waals surface area contributed by atoms with Crippen molar-refractivity contribution in [3.63, 3.8) is 0 Å². The van der Waals surface area contributed by atoms with E-state index in [9.17, 15) is 9.59 Å². The molecule has 2 fully saturated rings. The summed E-state index contributed by atoms with van der Waals surface area (Å²) in [5, 5.41) is 4.00. The van der Waals surface area contributed by atoms with Gasteiger partial charge in [-0.25, -0.2) is 0 Å². The lowest BCUT2D eigenvalue weighted by Gasteiger charge is -2.38. The number of pyridine rings is 1. The van der Waals surface area contributed by atoms with Crippen LogP contribution in [-0.4, -0.2) is 47.4 Å². The summed E-state index contributed by atoms with van der Waals surface area (Å²) in [4.78, 5) is 31.7. The van der Waals surface area contributed by atoms with Crippen molar-refractivity contribution in [2.75, 3.05) is 19.6 Å². The average molecular weight is 458 g/mol. The number of aryl methyl sites for hydroxylation is 2. The highest BCUT2D eigenvalue weighted by molar-refractivity contribution is 5.96. The van der Waals surface area contributed by atoms with E-state index in [1.807, 2.05) is 29.3 Å². The van der Waals surface area contributed by atoms with Crippen LogP contribution in [0, 0.1) is 19.3 Å². The lowest BCUT2D eigenvalue weighted by atomic mass is 9.77. The summed E-state index contributed by atoms with van der Waals surface area (Å²) in [7, 11) is 0. The number of ether oxygens (including phenoxy) is 1. The predicted molar refractivity (Wildman–Crippen MR) is 133 cm³/mol. The van der Waals surface area contributed by atoms with Crippen molar-refractivity contribution < 1.29 is 14.3 Å². The molecule has 0 aliphatic carbocycles. The van der Waals surface area contributed by atoms with Crippen molar-refractivity contribution in [3.05, 3.63) is 59.8 Å². The summed E-state index contributed by atoms with van der Waals surface area (Å²) in [5.74, 6) is 0.738. The van der Waals surface area contributed by atoms with Crippen LogP contribution in [0.4, 0.5) is 0 Å². The molecule has 0 unspecified atom stereocenters. The van der Waals surface area contributed by atoms with Crippen LogP contribution in [0.15, 0.2) is 48.7 Å². The molecule has 1 N–H and O–H groups in total. The number of amides is 2. The summed E-state index contributed by atoms with van der Waals surface area (Å²) in [6.45, 7) is 7.98. The Morgan fingerprint density at radius 3 is 2.50 bits per heavy atom. The number of hydrogen-bond acceptors (Lipinski definition) is 4. The monoisotopic (exact) mass is 457 g/mol. The lowest BCUT2D eigenvalue weighted by Crippen LogP contribution is -2.49. The summed E-state index contributed by atoms with van der Waals surface area (Å²) in [6.07, 6.45) is 3.53. The number of aromatic nitrogens is 1. The maximum absolute atomic E-state index is 13.0. The average Bonchev–Trinajstić information content (AvgIpc) is 3.18. The third kappa shape index (κ3) is 3.91. The minimum atomic E-state index is -0.606. The Morgan fingerprint density at radius 1 is 1.09 bits per heavy atom. The van der Waals surface area contributed by atoms with Crippen molar-refractivity contribution in [2.45, 2.75) is 46.1 Å². The van der Waals surface area contributed by atoms with Crippen molar-refractivity contribution in [1.82, 2.24) is 15.2 Å². The van der Waals surface area contributed by atoms with E-state index in [1.165, 1.54) is 16.7 Å². The Bertz CT molecular complexity index is 1240. The van der Waals surface area contributed by atoms with E-state index < -0.39 is 6.10 Å². The van der Waals surface area contributed by atoms with Gasteiger partial charge in [0.25, 0.3) is 5.91 Å². The fourth-order valence-corrected chi connectivity index (χ4v) is 5.52. The molecule has 0 radical (unpaired) electrons. The molecule has 1 aromatic heterocycles. The van der Waals surface area contributed by atoms with Gasteiger partial charge >= 0.3 is 0 Å². The van der Waals surface area contributed by atoms with E-state index in [-0.39, 0.29) is 17.2 Å². The zero-order valence-corrected chi connectivity index (χ0v) is 20.1. The van der Waals surface area contributed by atoms with Crippen LogP contribution >= 0.6 is 0 Å². The van der Waals surface area contributed by atoms with E-state index in [2.05, 4.69) is 48.4 Å². The standard InChI is InChI=1S/C28H31N3O3/c1-18-5-4-6-19(2)25(18)23-9-13-29-24-17-21(7-8-22(23)24)34-20(3)26(32)31-15-11-28(12-16-31)10-14-30-27(28)33/h4-9,13,17,20H,10-12,14-16H2,1-3H3,(H,30,33)/t20-/m1/s1. The third-order valence-electron chi connectivity index (χ3n) is 7.53. The molecule has 0 saturated carbocycles. The second-order valence-electron chi connectivity index (χ2n) is 9.68. The highest BCUT2D eigenvalue weighted by Crippen LogP contribution is 2.38. The Hall–Kier alpha value is -3.41. The molecular weight excluding hydrogens is 426 g/mol. The van der Waals surface area contributed by atoms with Crippen LogP contribution in [0.1, 0.15) is 37.3 Å². The first-order chi connectivity index (χ1) is 16.4. The van der Waals surface area contributed by atoms with E-state index in [4.69, 9.17) is 4.74 Å². The first-order valence-electron chi connectivity index (χ1n) is 12.1. The molecule has 2 saturated heterocycles. The van der Waals surface area contributed by atoms with Gasteiger partial charge in [-0.2, -0.15) is 0 Å². The second kappa shape index (κ2) is 8.75. The minimum Gasteiger partial charge on any atom is -0.481 e. The third-order valence-corrected chi connectivity index (χ3v) is 7.53. The molecule has 6 nitrogen and oxygen atoms in total. The quantitative estimate of drug-likeness (QED) is 0.630. The largest absolute Gasteiger partial charge is 0.481 e. The van der Waals surface area contributed by atoms with Gasteiger partial charge in [0.1, 0.15) is 5.75 Å². The van der Waals surface area contributed by atoms with E-state index in [1.54, 1.807) is 6.92 Å².